The summed E-state index contributed by atoms with van der Waals surface area (Å²) in [5, 5.41) is 11.8. The Morgan fingerprint density at radius 2 is 1.97 bits per heavy atom. The molecule has 0 aliphatic carbocycles. The Balaban J connectivity index is 1.80. The highest BCUT2D eigenvalue weighted by atomic mass is 35.5. The number of nitrogens with zero attached hydrogens (tertiary/aromatic N) is 2. The smallest absolute Gasteiger partial charge is 0.350 e. The molecule has 0 spiro atoms. The molecule has 8 nitrogen and oxygen atoms in total. The maximum absolute atomic E-state index is 13.4. The van der Waals surface area contributed by atoms with E-state index in [0.29, 0.717) is 34.2 Å². The Hall–Kier alpha value is -3.95. The number of aryl methyl sites for hydroxylation is 1. The molecule has 202 valence electrons. The lowest BCUT2D eigenvalue weighted by Gasteiger charge is -2.23. The molecule has 1 aromatic heterocycles. The SMILES string of the molecule is C=CCOC(=O)c1sc(N2C(=O)C(=O)/C(=C(/O)c3ccc(OCCCC)cc3)C2c2cccc(Cl)c2)nc1C. The van der Waals surface area contributed by atoms with Crippen LogP contribution in [0.4, 0.5) is 5.13 Å². The number of anilines is 1. The Morgan fingerprint density at radius 1 is 1.23 bits per heavy atom. The molecule has 0 saturated carbocycles. The Kier molecular flexibility index (Phi) is 8.83. The first-order valence-corrected chi connectivity index (χ1v) is 13.5. The van der Waals surface area contributed by atoms with Crippen molar-refractivity contribution in [3.8, 4) is 5.75 Å². The Morgan fingerprint density at radius 3 is 2.64 bits per heavy atom. The Labute approximate surface area is 235 Å². The van der Waals surface area contributed by atoms with Crippen molar-refractivity contribution >= 4 is 51.5 Å². The van der Waals surface area contributed by atoms with Crippen LogP contribution in [0, 0.1) is 6.92 Å². The maximum atomic E-state index is 13.4. The van der Waals surface area contributed by atoms with Crippen molar-refractivity contribution in [1.29, 1.82) is 0 Å². The van der Waals surface area contributed by atoms with Crippen molar-refractivity contribution < 1.29 is 29.0 Å². The van der Waals surface area contributed by atoms with Gasteiger partial charge in [-0.05, 0) is 55.3 Å². The van der Waals surface area contributed by atoms with E-state index in [1.807, 2.05) is 0 Å². The zero-order valence-corrected chi connectivity index (χ0v) is 23.1. The third-order valence-corrected chi connectivity index (χ3v) is 7.38. The molecule has 0 bridgehead atoms. The normalized spacial score (nSPS) is 16.4. The van der Waals surface area contributed by atoms with Crippen LogP contribution in [0.5, 0.6) is 5.75 Å². The molecule has 10 heteroatoms. The van der Waals surface area contributed by atoms with Gasteiger partial charge < -0.3 is 14.6 Å². The minimum atomic E-state index is -1.04. The second-order valence-corrected chi connectivity index (χ2v) is 10.2. The van der Waals surface area contributed by atoms with Gasteiger partial charge >= 0.3 is 11.9 Å². The topological polar surface area (TPSA) is 106 Å². The molecule has 39 heavy (non-hydrogen) atoms. The molecule has 4 rings (SSSR count). The number of hydrogen-bond donors (Lipinski definition) is 1. The van der Waals surface area contributed by atoms with Crippen LogP contribution in [0.25, 0.3) is 5.76 Å². The number of halogens is 1. The summed E-state index contributed by atoms with van der Waals surface area (Å²) in [7, 11) is 0. The summed E-state index contributed by atoms with van der Waals surface area (Å²) < 4.78 is 10.8. The number of esters is 1. The van der Waals surface area contributed by atoms with Crippen LogP contribution in [0.1, 0.15) is 52.3 Å². The molecule has 1 fully saturated rings. The van der Waals surface area contributed by atoms with Gasteiger partial charge in [0.15, 0.2) is 5.13 Å². The fourth-order valence-electron chi connectivity index (χ4n) is 4.10. The van der Waals surface area contributed by atoms with E-state index < -0.39 is 23.7 Å². The highest BCUT2D eigenvalue weighted by Crippen LogP contribution is 2.44. The van der Waals surface area contributed by atoms with Gasteiger partial charge in [0.25, 0.3) is 5.78 Å². The molecule has 1 atom stereocenters. The van der Waals surface area contributed by atoms with Gasteiger partial charge in [-0.15, -0.1) is 0 Å². The number of unbranched alkanes of at least 4 members (excludes halogenated alkanes) is 1. The second kappa shape index (κ2) is 12.3. The zero-order chi connectivity index (χ0) is 28.1. The van der Waals surface area contributed by atoms with Crippen molar-refractivity contribution in [3.05, 3.63) is 93.5 Å². The van der Waals surface area contributed by atoms with Crippen molar-refractivity contribution in [3.63, 3.8) is 0 Å². The largest absolute Gasteiger partial charge is 0.507 e. The van der Waals surface area contributed by atoms with Crippen molar-refractivity contribution in [1.82, 2.24) is 4.98 Å². The molecular weight excluding hydrogens is 540 g/mol. The maximum Gasteiger partial charge on any atom is 0.350 e. The molecule has 0 radical (unpaired) electrons. The van der Waals surface area contributed by atoms with E-state index >= 15 is 0 Å². The van der Waals surface area contributed by atoms with Gasteiger partial charge in [-0.1, -0.05) is 61.1 Å². The average Bonchev–Trinajstić information content (AvgIpc) is 3.44. The number of carbonyl (C=O) groups is 3. The number of aliphatic hydroxyl groups is 1. The molecule has 1 unspecified atom stereocenters. The van der Waals surface area contributed by atoms with Gasteiger partial charge in [-0.3, -0.25) is 14.5 Å². The highest BCUT2D eigenvalue weighted by molar-refractivity contribution is 7.17. The third-order valence-electron chi connectivity index (χ3n) is 6.01. The predicted octanol–water partition coefficient (Wildman–Crippen LogP) is 6.25. The molecule has 2 aromatic carbocycles. The molecule has 1 aliphatic heterocycles. The fraction of sp³-hybridized carbons (Fsp3) is 0.241. The summed E-state index contributed by atoms with van der Waals surface area (Å²) >= 11 is 7.18. The van der Waals surface area contributed by atoms with Gasteiger partial charge in [0.2, 0.25) is 0 Å². The number of benzene rings is 2. The number of amides is 1. The van der Waals surface area contributed by atoms with Crippen LogP contribution in [-0.2, 0) is 14.3 Å². The summed E-state index contributed by atoms with van der Waals surface area (Å²) in [4.78, 5) is 45.1. The van der Waals surface area contributed by atoms with Crippen LogP contribution < -0.4 is 9.64 Å². The van der Waals surface area contributed by atoms with E-state index in [1.165, 1.54) is 11.0 Å². The number of thiazole rings is 1. The predicted molar refractivity (Wildman–Crippen MR) is 150 cm³/mol. The van der Waals surface area contributed by atoms with Crippen molar-refractivity contribution in [2.24, 2.45) is 0 Å². The molecule has 1 saturated heterocycles. The number of carbonyl (C=O) groups excluding carboxylic acids is 3. The molecule has 1 aliphatic rings. The lowest BCUT2D eigenvalue weighted by molar-refractivity contribution is -0.132. The van der Waals surface area contributed by atoms with Crippen LogP contribution in [-0.4, -0.2) is 41.0 Å². The van der Waals surface area contributed by atoms with E-state index in [1.54, 1.807) is 55.5 Å². The lowest BCUT2D eigenvalue weighted by atomic mass is 9.95. The number of aromatic nitrogens is 1. The standard InChI is InChI=1S/C29H27ClN2O6S/c1-4-6-15-37-21-12-10-18(11-13-21)24(33)22-23(19-8-7-9-20(30)16-19)32(27(35)25(22)34)29-31-17(3)26(39-29)28(36)38-14-5-2/h5,7-13,16,23,33H,2,4,6,14-15H2,1,3H3/b24-22+. The van der Waals surface area contributed by atoms with Crippen molar-refractivity contribution in [2.75, 3.05) is 18.1 Å². The highest BCUT2D eigenvalue weighted by Gasteiger charge is 2.48. The first kappa shape index (κ1) is 28.1. The number of aliphatic hydroxyl groups excluding tert-OH is 1. The van der Waals surface area contributed by atoms with Crippen LogP contribution in [0.3, 0.4) is 0 Å². The first-order chi connectivity index (χ1) is 18.8. The van der Waals surface area contributed by atoms with Crippen molar-refractivity contribution in [2.45, 2.75) is 32.7 Å². The number of Topliss-reactive ketones (excluding diaryl/α,β-unsaturated/α-hetero) is 1. The van der Waals surface area contributed by atoms with E-state index in [4.69, 9.17) is 21.1 Å². The van der Waals surface area contributed by atoms with Gasteiger partial charge in [-0.2, -0.15) is 0 Å². The summed E-state index contributed by atoms with van der Waals surface area (Å²) in [6.45, 7) is 7.79. The second-order valence-electron chi connectivity index (χ2n) is 8.75. The summed E-state index contributed by atoms with van der Waals surface area (Å²) in [6.07, 6.45) is 3.35. The van der Waals surface area contributed by atoms with Gasteiger partial charge in [0.05, 0.1) is 23.9 Å². The van der Waals surface area contributed by atoms with Crippen LogP contribution >= 0.6 is 22.9 Å². The number of rotatable bonds is 10. The first-order valence-electron chi connectivity index (χ1n) is 12.3. The summed E-state index contributed by atoms with van der Waals surface area (Å²) in [5.41, 5.74) is 1.05. The van der Waals surface area contributed by atoms with Crippen LogP contribution in [0.15, 0.2) is 66.8 Å². The van der Waals surface area contributed by atoms with E-state index in [2.05, 4.69) is 18.5 Å². The summed E-state index contributed by atoms with van der Waals surface area (Å²) in [5.74, 6) is -2.11. The molecule has 1 N–H and O–H groups in total. The van der Waals surface area contributed by atoms with Crippen LogP contribution in [0.2, 0.25) is 5.02 Å². The molecule has 3 aromatic rings. The molecular formula is C29H27ClN2O6S. The lowest BCUT2D eigenvalue weighted by Crippen LogP contribution is -2.29. The monoisotopic (exact) mass is 566 g/mol. The molecule has 1 amide bonds. The number of ether oxygens (including phenoxy) is 2. The summed E-state index contributed by atoms with van der Waals surface area (Å²) in [6, 6.07) is 12.3. The van der Waals surface area contributed by atoms with Gasteiger partial charge in [0, 0.05) is 10.6 Å². The Bertz CT molecular complexity index is 1450. The van der Waals surface area contributed by atoms with E-state index in [9.17, 15) is 19.5 Å². The van der Waals surface area contributed by atoms with Gasteiger partial charge in [0.1, 0.15) is 23.0 Å². The minimum absolute atomic E-state index is 0.0149. The third kappa shape index (κ3) is 5.89. The number of ketones is 1. The minimum Gasteiger partial charge on any atom is -0.507 e. The van der Waals surface area contributed by atoms with Gasteiger partial charge in [-0.25, -0.2) is 9.78 Å². The zero-order valence-electron chi connectivity index (χ0n) is 21.5. The number of hydrogen-bond acceptors (Lipinski definition) is 8. The quantitative estimate of drug-likeness (QED) is 0.0771. The average molecular weight is 567 g/mol. The fourth-order valence-corrected chi connectivity index (χ4v) is 5.28. The van der Waals surface area contributed by atoms with E-state index in [0.717, 1.165) is 24.2 Å². The van der Waals surface area contributed by atoms with E-state index in [-0.39, 0.29) is 27.9 Å². The molecule has 2 heterocycles.